The lowest BCUT2D eigenvalue weighted by atomic mass is 10.1. The van der Waals surface area contributed by atoms with Crippen LogP contribution in [0.15, 0.2) is 23.1 Å². The van der Waals surface area contributed by atoms with E-state index in [2.05, 4.69) is 29.4 Å². The molecule has 0 aliphatic carbocycles. The molecule has 0 aromatic heterocycles. The second-order valence-corrected chi connectivity index (χ2v) is 5.10. The summed E-state index contributed by atoms with van der Waals surface area (Å²) < 4.78 is 5.41. The van der Waals surface area contributed by atoms with Gasteiger partial charge in [-0.25, -0.2) is 0 Å². The summed E-state index contributed by atoms with van der Waals surface area (Å²) in [6, 6.07) is 6.42. The van der Waals surface area contributed by atoms with Crippen LogP contribution in [0.1, 0.15) is 12.0 Å². The van der Waals surface area contributed by atoms with Crippen molar-refractivity contribution < 1.29 is 4.74 Å². The minimum absolute atomic E-state index is 0.360. The molecule has 4 heteroatoms. The Kier molecular flexibility index (Phi) is 4.31. The number of hydrogen-bond donors (Lipinski definition) is 1. The fourth-order valence-corrected chi connectivity index (χ4v) is 3.04. The molecule has 3 nitrogen and oxygen atoms in total. The van der Waals surface area contributed by atoms with E-state index in [4.69, 9.17) is 10.5 Å². The van der Waals surface area contributed by atoms with Crippen molar-refractivity contribution in [2.75, 3.05) is 31.4 Å². The highest BCUT2D eigenvalue weighted by atomic mass is 32.2. The third-order valence-electron chi connectivity index (χ3n) is 3.35. The first-order valence-electron chi connectivity index (χ1n) is 5.93. The average Bonchev–Trinajstić information content (AvgIpc) is 2.86. The molecular formula is C13H20N2OS. The Morgan fingerprint density at radius 2 is 2.35 bits per heavy atom. The molecule has 1 aromatic carbocycles. The van der Waals surface area contributed by atoms with Crippen molar-refractivity contribution in [2.45, 2.75) is 24.0 Å². The molecule has 1 aliphatic heterocycles. The third-order valence-corrected chi connectivity index (χ3v) is 4.17. The minimum Gasteiger partial charge on any atom is -0.380 e. The lowest BCUT2D eigenvalue weighted by molar-refractivity contribution is 0.121. The summed E-state index contributed by atoms with van der Waals surface area (Å²) >= 11 is 1.76. The van der Waals surface area contributed by atoms with Gasteiger partial charge in [-0.15, -0.1) is 11.8 Å². The summed E-state index contributed by atoms with van der Waals surface area (Å²) in [5.41, 5.74) is 8.43. The maximum atomic E-state index is 5.89. The second-order valence-electron chi connectivity index (χ2n) is 4.25. The summed E-state index contributed by atoms with van der Waals surface area (Å²) in [4.78, 5) is 3.67. The van der Waals surface area contributed by atoms with Crippen LogP contribution in [-0.2, 0) is 11.3 Å². The Bertz CT molecular complexity index is 384. The highest BCUT2D eigenvalue weighted by Crippen LogP contribution is 2.31. The topological polar surface area (TPSA) is 38.5 Å². The first-order chi connectivity index (χ1) is 8.30. The quantitative estimate of drug-likeness (QED) is 0.833. The van der Waals surface area contributed by atoms with E-state index >= 15 is 0 Å². The summed E-state index contributed by atoms with van der Waals surface area (Å²) in [6.45, 7) is 2.63. The molecule has 0 spiro atoms. The van der Waals surface area contributed by atoms with Gasteiger partial charge in [0.1, 0.15) is 0 Å². The van der Waals surface area contributed by atoms with Crippen LogP contribution in [0.3, 0.4) is 0 Å². The first-order valence-corrected chi connectivity index (χ1v) is 7.16. The fourth-order valence-electron chi connectivity index (χ4n) is 2.39. The van der Waals surface area contributed by atoms with Crippen LogP contribution in [0.25, 0.3) is 0 Å². The van der Waals surface area contributed by atoms with Gasteiger partial charge in [0.05, 0.1) is 6.10 Å². The van der Waals surface area contributed by atoms with Gasteiger partial charge in [-0.3, -0.25) is 0 Å². The van der Waals surface area contributed by atoms with Crippen LogP contribution in [0.4, 0.5) is 5.69 Å². The van der Waals surface area contributed by atoms with Crippen LogP contribution < -0.4 is 10.6 Å². The van der Waals surface area contributed by atoms with E-state index in [1.54, 1.807) is 18.9 Å². The molecule has 2 N–H and O–H groups in total. The highest BCUT2D eigenvalue weighted by molar-refractivity contribution is 7.98. The van der Waals surface area contributed by atoms with E-state index in [1.165, 1.54) is 16.1 Å². The Balaban J connectivity index is 2.26. The van der Waals surface area contributed by atoms with Gasteiger partial charge in [-0.1, -0.05) is 6.07 Å². The predicted molar refractivity (Wildman–Crippen MR) is 73.7 cm³/mol. The Hall–Kier alpha value is -0.710. The molecule has 1 atom stereocenters. The number of ether oxygens (including phenoxy) is 1. The van der Waals surface area contributed by atoms with Crippen molar-refractivity contribution in [2.24, 2.45) is 5.73 Å². The number of thioether (sulfide) groups is 1. The normalized spacial score (nSPS) is 19.9. The van der Waals surface area contributed by atoms with Gasteiger partial charge >= 0.3 is 0 Å². The van der Waals surface area contributed by atoms with Crippen molar-refractivity contribution in [3.63, 3.8) is 0 Å². The highest BCUT2D eigenvalue weighted by Gasteiger charge is 2.24. The Morgan fingerprint density at radius 3 is 2.94 bits per heavy atom. The van der Waals surface area contributed by atoms with Crippen LogP contribution in [0.5, 0.6) is 0 Å². The summed E-state index contributed by atoms with van der Waals surface area (Å²) in [7, 11) is 1.79. The lowest BCUT2D eigenvalue weighted by Gasteiger charge is -2.23. The molecule has 1 heterocycles. The smallest absolute Gasteiger partial charge is 0.0762 e. The van der Waals surface area contributed by atoms with Crippen molar-refractivity contribution >= 4 is 17.4 Å². The number of methoxy groups -OCH3 is 1. The van der Waals surface area contributed by atoms with E-state index in [0.29, 0.717) is 12.6 Å². The fraction of sp³-hybridized carbons (Fsp3) is 0.538. The molecule has 0 bridgehead atoms. The standard InChI is InChI=1S/C13H20N2OS/c1-16-10-6-7-15(9-10)12-4-3-5-13(17-2)11(12)8-14/h3-5,10H,6-9,14H2,1-2H3. The number of anilines is 1. The number of nitrogens with zero attached hydrogens (tertiary/aromatic N) is 1. The zero-order valence-corrected chi connectivity index (χ0v) is 11.3. The van der Waals surface area contributed by atoms with Crippen LogP contribution in [-0.4, -0.2) is 32.6 Å². The molecule has 2 rings (SSSR count). The zero-order chi connectivity index (χ0) is 12.3. The average molecular weight is 252 g/mol. The summed E-state index contributed by atoms with van der Waals surface area (Å²) in [5.74, 6) is 0. The molecular weight excluding hydrogens is 232 g/mol. The molecule has 94 valence electrons. The molecule has 1 fully saturated rings. The van der Waals surface area contributed by atoms with Crippen molar-refractivity contribution in [3.8, 4) is 0 Å². The van der Waals surface area contributed by atoms with E-state index in [9.17, 15) is 0 Å². The van der Waals surface area contributed by atoms with E-state index < -0.39 is 0 Å². The SMILES string of the molecule is COC1CCN(c2cccc(SC)c2CN)C1. The Morgan fingerprint density at radius 1 is 1.53 bits per heavy atom. The number of benzene rings is 1. The van der Waals surface area contributed by atoms with Crippen molar-refractivity contribution in [1.82, 2.24) is 0 Å². The second kappa shape index (κ2) is 5.76. The van der Waals surface area contributed by atoms with Crippen LogP contribution >= 0.6 is 11.8 Å². The van der Waals surface area contributed by atoms with Crippen molar-refractivity contribution in [3.05, 3.63) is 23.8 Å². The molecule has 0 amide bonds. The monoisotopic (exact) mass is 252 g/mol. The number of hydrogen-bond acceptors (Lipinski definition) is 4. The summed E-state index contributed by atoms with van der Waals surface area (Å²) in [5, 5.41) is 0. The van der Waals surface area contributed by atoms with Crippen LogP contribution in [0, 0.1) is 0 Å². The van der Waals surface area contributed by atoms with Gasteiger partial charge in [0.2, 0.25) is 0 Å². The maximum absolute atomic E-state index is 5.89. The van der Waals surface area contributed by atoms with E-state index in [0.717, 1.165) is 19.5 Å². The van der Waals surface area contributed by atoms with Gasteiger partial charge in [-0.2, -0.15) is 0 Å². The van der Waals surface area contributed by atoms with Gasteiger partial charge in [0, 0.05) is 42.9 Å². The number of rotatable bonds is 4. The first kappa shape index (κ1) is 12.7. The third kappa shape index (κ3) is 2.59. The maximum Gasteiger partial charge on any atom is 0.0762 e. The molecule has 1 aromatic rings. The number of nitrogens with two attached hydrogens (primary N) is 1. The minimum atomic E-state index is 0.360. The van der Waals surface area contributed by atoms with Gasteiger partial charge in [0.25, 0.3) is 0 Å². The molecule has 1 saturated heterocycles. The molecule has 1 aliphatic rings. The Labute approximate surface area is 107 Å². The van der Waals surface area contributed by atoms with Gasteiger partial charge in [-0.05, 0) is 24.8 Å². The molecule has 0 saturated carbocycles. The van der Waals surface area contributed by atoms with Gasteiger partial charge < -0.3 is 15.4 Å². The van der Waals surface area contributed by atoms with Crippen LogP contribution in [0.2, 0.25) is 0 Å². The van der Waals surface area contributed by atoms with Gasteiger partial charge in [0.15, 0.2) is 0 Å². The van der Waals surface area contributed by atoms with E-state index in [1.807, 2.05) is 0 Å². The van der Waals surface area contributed by atoms with E-state index in [-0.39, 0.29) is 0 Å². The molecule has 0 radical (unpaired) electrons. The zero-order valence-electron chi connectivity index (χ0n) is 10.5. The van der Waals surface area contributed by atoms with Crippen molar-refractivity contribution in [1.29, 1.82) is 0 Å². The largest absolute Gasteiger partial charge is 0.380 e. The predicted octanol–water partition coefficient (Wildman–Crippen LogP) is 2.09. The molecule has 1 unspecified atom stereocenters. The lowest BCUT2D eigenvalue weighted by Crippen LogP contribution is -2.24. The molecule has 17 heavy (non-hydrogen) atoms. The summed E-state index contributed by atoms with van der Waals surface area (Å²) in [6.07, 6.45) is 3.56.